The molecular weight excluding hydrogens is 184 g/mol. The fourth-order valence-corrected chi connectivity index (χ4v) is 1.66. The van der Waals surface area contributed by atoms with Gasteiger partial charge in [-0.15, -0.1) is 11.3 Å². The predicted octanol–water partition coefficient (Wildman–Crippen LogP) is 1.63. The molecule has 0 aliphatic rings. The number of rotatable bonds is 3. The fourth-order valence-electron chi connectivity index (χ4n) is 0.893. The van der Waals surface area contributed by atoms with Gasteiger partial charge in [0.15, 0.2) is 0 Å². The van der Waals surface area contributed by atoms with E-state index in [0.29, 0.717) is 13.2 Å². The van der Waals surface area contributed by atoms with Gasteiger partial charge in [0, 0.05) is 17.0 Å². The fraction of sp³-hybridized carbons (Fsp3) is 0.400. The lowest BCUT2D eigenvalue weighted by molar-refractivity contribution is 0.136. The van der Waals surface area contributed by atoms with Gasteiger partial charge in [-0.3, -0.25) is 0 Å². The highest BCUT2D eigenvalue weighted by atomic mass is 32.1. The summed E-state index contributed by atoms with van der Waals surface area (Å²) >= 11 is 1.63. The Bertz CT molecular complexity index is 306. The van der Waals surface area contributed by atoms with E-state index in [1.165, 1.54) is 0 Å². The maximum Gasteiger partial charge on any atom is 0.104 e. The summed E-state index contributed by atoms with van der Waals surface area (Å²) in [6, 6.07) is 1.95. The summed E-state index contributed by atoms with van der Waals surface area (Å²) in [5.74, 6) is 5.51. The Morgan fingerprint density at radius 3 is 3.15 bits per heavy atom. The van der Waals surface area contributed by atoms with E-state index in [0.717, 1.165) is 10.4 Å². The Kier molecular flexibility index (Phi) is 4.55. The first kappa shape index (κ1) is 10.3. The van der Waals surface area contributed by atoms with E-state index in [4.69, 9.17) is 9.84 Å². The van der Waals surface area contributed by atoms with Gasteiger partial charge in [0.1, 0.15) is 6.61 Å². The van der Waals surface area contributed by atoms with Crippen molar-refractivity contribution >= 4 is 11.3 Å². The van der Waals surface area contributed by atoms with Crippen molar-refractivity contribution in [3.63, 3.8) is 0 Å². The Labute approximate surface area is 82.2 Å². The molecule has 0 unspecified atom stereocenters. The molecule has 0 atom stereocenters. The normalized spacial score (nSPS) is 9.38. The highest BCUT2D eigenvalue weighted by Crippen LogP contribution is 2.16. The zero-order valence-corrected chi connectivity index (χ0v) is 8.36. The van der Waals surface area contributed by atoms with Crippen molar-refractivity contribution in [1.29, 1.82) is 0 Å². The molecule has 0 aliphatic carbocycles. The second-order valence-electron chi connectivity index (χ2n) is 2.35. The van der Waals surface area contributed by atoms with Crippen LogP contribution in [0.2, 0.25) is 0 Å². The van der Waals surface area contributed by atoms with Gasteiger partial charge in [0.05, 0.1) is 6.61 Å². The molecule has 70 valence electrons. The largest absolute Gasteiger partial charge is 0.384 e. The van der Waals surface area contributed by atoms with E-state index in [2.05, 4.69) is 11.8 Å². The third kappa shape index (κ3) is 3.19. The van der Waals surface area contributed by atoms with Crippen molar-refractivity contribution in [2.24, 2.45) is 0 Å². The van der Waals surface area contributed by atoms with Crippen molar-refractivity contribution in [3.8, 4) is 11.8 Å². The minimum absolute atomic E-state index is 0.0933. The van der Waals surface area contributed by atoms with E-state index in [1.54, 1.807) is 11.3 Å². The van der Waals surface area contributed by atoms with Crippen molar-refractivity contribution in [3.05, 3.63) is 21.9 Å². The van der Waals surface area contributed by atoms with Crippen LogP contribution in [-0.2, 0) is 11.3 Å². The third-order valence-electron chi connectivity index (χ3n) is 1.48. The van der Waals surface area contributed by atoms with Crippen molar-refractivity contribution in [1.82, 2.24) is 0 Å². The number of aliphatic hydroxyl groups excluding tert-OH is 1. The maximum absolute atomic E-state index is 8.53. The van der Waals surface area contributed by atoms with Gasteiger partial charge < -0.3 is 9.84 Å². The molecule has 3 heteroatoms. The van der Waals surface area contributed by atoms with Gasteiger partial charge in [-0.2, -0.15) is 0 Å². The minimum Gasteiger partial charge on any atom is -0.384 e. The average Bonchev–Trinajstić information content (AvgIpc) is 2.59. The minimum atomic E-state index is -0.0933. The Balaban J connectivity index is 2.65. The van der Waals surface area contributed by atoms with E-state index >= 15 is 0 Å². The molecule has 13 heavy (non-hydrogen) atoms. The molecule has 0 aliphatic heterocycles. The lowest BCUT2D eigenvalue weighted by Gasteiger charge is -1.97. The first-order chi connectivity index (χ1) is 6.38. The number of hydrogen-bond acceptors (Lipinski definition) is 3. The second-order valence-corrected chi connectivity index (χ2v) is 3.36. The molecule has 2 nitrogen and oxygen atoms in total. The summed E-state index contributed by atoms with van der Waals surface area (Å²) in [4.78, 5) is 1.13. The van der Waals surface area contributed by atoms with Crippen LogP contribution >= 0.6 is 11.3 Å². The molecule has 1 aromatic rings. The van der Waals surface area contributed by atoms with Gasteiger partial charge >= 0.3 is 0 Å². The van der Waals surface area contributed by atoms with Crippen LogP contribution in [0.3, 0.4) is 0 Å². The molecule has 0 amide bonds. The zero-order chi connectivity index (χ0) is 9.52. The van der Waals surface area contributed by atoms with Crippen LogP contribution in [-0.4, -0.2) is 18.3 Å². The number of ether oxygens (including phenoxy) is 1. The standard InChI is InChI=1S/C10H12O2S/c1-2-12-8-10-9(4-3-6-11)5-7-13-10/h5,7,11H,2,6,8H2,1H3. The predicted molar refractivity (Wildman–Crippen MR) is 53.6 cm³/mol. The highest BCUT2D eigenvalue weighted by molar-refractivity contribution is 7.10. The van der Waals surface area contributed by atoms with Gasteiger partial charge in [-0.1, -0.05) is 11.8 Å². The van der Waals surface area contributed by atoms with Gasteiger partial charge in [0.2, 0.25) is 0 Å². The smallest absolute Gasteiger partial charge is 0.104 e. The molecule has 0 saturated heterocycles. The summed E-state index contributed by atoms with van der Waals surface area (Å²) in [6.45, 7) is 3.20. The quantitative estimate of drug-likeness (QED) is 0.744. The van der Waals surface area contributed by atoms with Crippen LogP contribution in [0.1, 0.15) is 17.4 Å². The van der Waals surface area contributed by atoms with E-state index in [9.17, 15) is 0 Å². The van der Waals surface area contributed by atoms with Crippen molar-refractivity contribution < 1.29 is 9.84 Å². The van der Waals surface area contributed by atoms with E-state index < -0.39 is 0 Å². The number of hydrogen-bond donors (Lipinski definition) is 1. The molecular formula is C10H12O2S. The molecule has 0 aromatic carbocycles. The van der Waals surface area contributed by atoms with Crippen LogP contribution in [0, 0.1) is 11.8 Å². The van der Waals surface area contributed by atoms with Crippen LogP contribution in [0.25, 0.3) is 0 Å². The zero-order valence-electron chi connectivity index (χ0n) is 7.54. The highest BCUT2D eigenvalue weighted by Gasteiger charge is 2.00. The molecule has 0 radical (unpaired) electrons. The number of aliphatic hydroxyl groups is 1. The molecule has 1 rings (SSSR count). The lowest BCUT2D eigenvalue weighted by atomic mass is 10.2. The third-order valence-corrected chi connectivity index (χ3v) is 2.38. The summed E-state index contributed by atoms with van der Waals surface area (Å²) < 4.78 is 5.28. The molecule has 0 fully saturated rings. The van der Waals surface area contributed by atoms with Gasteiger partial charge in [-0.05, 0) is 18.4 Å². The summed E-state index contributed by atoms with van der Waals surface area (Å²) in [7, 11) is 0. The monoisotopic (exact) mass is 196 g/mol. The molecule has 0 spiro atoms. The van der Waals surface area contributed by atoms with Crippen LogP contribution in [0.15, 0.2) is 11.4 Å². The van der Waals surface area contributed by atoms with Crippen LogP contribution < -0.4 is 0 Å². The SMILES string of the molecule is CCOCc1sccc1C#CCO. The Morgan fingerprint density at radius 2 is 2.46 bits per heavy atom. The summed E-state index contributed by atoms with van der Waals surface area (Å²) in [6.07, 6.45) is 0. The van der Waals surface area contributed by atoms with Gasteiger partial charge in [-0.25, -0.2) is 0 Å². The average molecular weight is 196 g/mol. The molecule has 1 N–H and O–H groups in total. The van der Waals surface area contributed by atoms with Crippen LogP contribution in [0.4, 0.5) is 0 Å². The second kappa shape index (κ2) is 5.76. The summed E-state index contributed by atoms with van der Waals surface area (Å²) in [5.41, 5.74) is 0.965. The lowest BCUT2D eigenvalue weighted by Crippen LogP contribution is -1.90. The van der Waals surface area contributed by atoms with Crippen molar-refractivity contribution in [2.45, 2.75) is 13.5 Å². The topological polar surface area (TPSA) is 29.5 Å². The van der Waals surface area contributed by atoms with E-state index in [-0.39, 0.29) is 6.61 Å². The van der Waals surface area contributed by atoms with Crippen LogP contribution in [0.5, 0.6) is 0 Å². The number of thiophene rings is 1. The van der Waals surface area contributed by atoms with Crippen molar-refractivity contribution in [2.75, 3.05) is 13.2 Å². The molecule has 0 saturated carbocycles. The molecule has 1 aromatic heterocycles. The first-order valence-electron chi connectivity index (χ1n) is 4.12. The first-order valence-corrected chi connectivity index (χ1v) is 5.00. The van der Waals surface area contributed by atoms with E-state index in [1.807, 2.05) is 18.4 Å². The summed E-state index contributed by atoms with van der Waals surface area (Å²) in [5, 5.41) is 10.5. The molecule has 1 heterocycles. The molecule has 0 bridgehead atoms. The Hall–Kier alpha value is -0.820. The maximum atomic E-state index is 8.53. The van der Waals surface area contributed by atoms with Gasteiger partial charge in [0.25, 0.3) is 0 Å². The Morgan fingerprint density at radius 1 is 1.62 bits per heavy atom.